The lowest BCUT2D eigenvalue weighted by Crippen LogP contribution is -2.35. The molecule has 0 bridgehead atoms. The molecule has 1 heterocycles. The van der Waals surface area contributed by atoms with Crippen LogP contribution in [0.4, 0.5) is 5.69 Å². The number of hydrogen-bond donors (Lipinski definition) is 1. The third kappa shape index (κ3) is 3.77. The Morgan fingerprint density at radius 2 is 2.30 bits per heavy atom. The lowest BCUT2D eigenvalue weighted by Gasteiger charge is -2.32. The molecular formula is C14H19BrN2O3. The van der Waals surface area contributed by atoms with Crippen molar-refractivity contribution in [2.75, 3.05) is 19.7 Å². The first-order chi connectivity index (χ1) is 9.61. The second kappa shape index (κ2) is 7.15. The predicted molar refractivity (Wildman–Crippen MR) is 80.5 cm³/mol. The average Bonchev–Trinajstić information content (AvgIpc) is 2.42. The summed E-state index contributed by atoms with van der Waals surface area (Å²) in [6.07, 6.45) is 3.12. The lowest BCUT2D eigenvalue weighted by atomic mass is 9.95. The summed E-state index contributed by atoms with van der Waals surface area (Å²) < 4.78 is 0.578. The molecule has 110 valence electrons. The van der Waals surface area contributed by atoms with Crippen molar-refractivity contribution in [1.29, 1.82) is 0 Å². The molecule has 0 aromatic heterocycles. The van der Waals surface area contributed by atoms with Crippen LogP contribution in [0.2, 0.25) is 0 Å². The van der Waals surface area contributed by atoms with Crippen LogP contribution in [0, 0.1) is 16.0 Å². The third-order valence-corrected chi connectivity index (χ3v) is 4.70. The minimum absolute atomic E-state index is 0.117. The van der Waals surface area contributed by atoms with Crippen molar-refractivity contribution in [3.8, 4) is 0 Å². The van der Waals surface area contributed by atoms with Gasteiger partial charge in [0.25, 0.3) is 5.69 Å². The van der Waals surface area contributed by atoms with Crippen molar-refractivity contribution in [2.24, 2.45) is 5.92 Å². The molecule has 0 spiro atoms. The maximum absolute atomic E-state index is 10.9. The monoisotopic (exact) mass is 342 g/mol. The van der Waals surface area contributed by atoms with E-state index < -0.39 is 0 Å². The molecule has 1 aliphatic rings. The highest BCUT2D eigenvalue weighted by Gasteiger charge is 2.22. The standard InChI is InChI=1S/C14H19BrN2O3/c15-14-12(4-1-5-13(14)17(19)20)10-16-7-2-3-11(9-16)6-8-18/h1,4-5,11,18H,2-3,6-10H2. The van der Waals surface area contributed by atoms with Crippen molar-refractivity contribution in [3.63, 3.8) is 0 Å². The second-order valence-corrected chi connectivity index (χ2v) is 6.06. The van der Waals surface area contributed by atoms with Gasteiger partial charge in [-0.25, -0.2) is 0 Å². The lowest BCUT2D eigenvalue weighted by molar-refractivity contribution is -0.385. The summed E-state index contributed by atoms with van der Waals surface area (Å²) in [5.41, 5.74) is 1.07. The molecule has 1 aliphatic heterocycles. The van der Waals surface area contributed by atoms with Crippen molar-refractivity contribution in [2.45, 2.75) is 25.8 Å². The normalized spacial score (nSPS) is 20.0. The van der Waals surface area contributed by atoms with Gasteiger partial charge in [0, 0.05) is 25.8 Å². The van der Waals surface area contributed by atoms with E-state index >= 15 is 0 Å². The molecule has 1 N–H and O–H groups in total. The van der Waals surface area contributed by atoms with Crippen LogP contribution in [-0.2, 0) is 6.54 Å². The SMILES string of the molecule is O=[N+]([O-])c1cccc(CN2CCCC(CCO)C2)c1Br. The van der Waals surface area contributed by atoms with Gasteiger partial charge < -0.3 is 5.11 Å². The summed E-state index contributed by atoms with van der Waals surface area (Å²) in [7, 11) is 0. The van der Waals surface area contributed by atoms with E-state index in [2.05, 4.69) is 20.8 Å². The summed E-state index contributed by atoms with van der Waals surface area (Å²) in [4.78, 5) is 12.9. The number of nitro benzene ring substituents is 1. The van der Waals surface area contributed by atoms with E-state index in [9.17, 15) is 10.1 Å². The number of hydrogen-bond acceptors (Lipinski definition) is 4. The Bertz CT molecular complexity index is 479. The van der Waals surface area contributed by atoms with Gasteiger partial charge in [0.05, 0.1) is 9.40 Å². The van der Waals surface area contributed by atoms with Crippen LogP contribution in [-0.4, -0.2) is 34.6 Å². The third-order valence-electron chi connectivity index (χ3n) is 3.79. The number of piperidine rings is 1. The van der Waals surface area contributed by atoms with Crippen molar-refractivity contribution >= 4 is 21.6 Å². The van der Waals surface area contributed by atoms with Crippen molar-refractivity contribution in [1.82, 2.24) is 4.90 Å². The number of nitro groups is 1. The number of aliphatic hydroxyl groups excluding tert-OH is 1. The Morgan fingerprint density at radius 1 is 1.50 bits per heavy atom. The first-order valence-electron chi connectivity index (χ1n) is 6.86. The van der Waals surface area contributed by atoms with E-state index in [-0.39, 0.29) is 17.2 Å². The summed E-state index contributed by atoms with van der Waals surface area (Å²) in [6.45, 7) is 2.91. The number of rotatable bonds is 5. The maximum Gasteiger partial charge on any atom is 0.283 e. The zero-order valence-electron chi connectivity index (χ0n) is 11.3. The van der Waals surface area contributed by atoms with Crippen LogP contribution in [0.3, 0.4) is 0 Å². The van der Waals surface area contributed by atoms with E-state index in [0.717, 1.165) is 37.9 Å². The zero-order valence-corrected chi connectivity index (χ0v) is 12.9. The van der Waals surface area contributed by atoms with Crippen LogP contribution in [0.25, 0.3) is 0 Å². The minimum atomic E-state index is -0.363. The highest BCUT2D eigenvalue weighted by atomic mass is 79.9. The van der Waals surface area contributed by atoms with E-state index in [1.54, 1.807) is 6.07 Å². The molecule has 1 unspecified atom stereocenters. The Morgan fingerprint density at radius 3 is 3.00 bits per heavy atom. The maximum atomic E-state index is 10.9. The van der Waals surface area contributed by atoms with Crippen LogP contribution in [0.15, 0.2) is 22.7 Å². The fraction of sp³-hybridized carbons (Fsp3) is 0.571. The molecule has 1 fully saturated rings. The predicted octanol–water partition coefficient (Wildman–Crippen LogP) is 2.95. The molecule has 1 aromatic rings. The van der Waals surface area contributed by atoms with Gasteiger partial charge in [-0.05, 0) is 53.2 Å². The molecule has 5 nitrogen and oxygen atoms in total. The molecule has 20 heavy (non-hydrogen) atoms. The Balaban J connectivity index is 2.06. The largest absolute Gasteiger partial charge is 0.396 e. The molecule has 1 aromatic carbocycles. The van der Waals surface area contributed by atoms with Gasteiger partial charge in [-0.15, -0.1) is 0 Å². The molecule has 6 heteroatoms. The molecule has 1 atom stereocenters. The fourth-order valence-corrected chi connectivity index (χ4v) is 3.32. The van der Waals surface area contributed by atoms with Gasteiger partial charge in [-0.3, -0.25) is 15.0 Å². The second-order valence-electron chi connectivity index (χ2n) is 5.26. The molecule has 0 radical (unpaired) electrons. The fourth-order valence-electron chi connectivity index (χ4n) is 2.78. The Kier molecular flexibility index (Phi) is 5.51. The summed E-state index contributed by atoms with van der Waals surface area (Å²) in [5.74, 6) is 0.534. The van der Waals surface area contributed by atoms with Crippen LogP contribution < -0.4 is 0 Å². The number of aliphatic hydroxyl groups is 1. The molecular weight excluding hydrogens is 324 g/mol. The molecule has 0 aliphatic carbocycles. The van der Waals surface area contributed by atoms with Crippen LogP contribution in [0.1, 0.15) is 24.8 Å². The van der Waals surface area contributed by atoms with E-state index in [0.29, 0.717) is 16.9 Å². The minimum Gasteiger partial charge on any atom is -0.396 e. The molecule has 0 saturated carbocycles. The highest BCUT2D eigenvalue weighted by molar-refractivity contribution is 9.10. The summed E-state index contributed by atoms with van der Waals surface area (Å²) in [5, 5.41) is 20.0. The van der Waals surface area contributed by atoms with E-state index in [1.807, 2.05) is 6.07 Å². The highest BCUT2D eigenvalue weighted by Crippen LogP contribution is 2.30. The number of halogens is 1. The number of benzene rings is 1. The molecule has 0 amide bonds. The van der Waals surface area contributed by atoms with E-state index in [4.69, 9.17) is 5.11 Å². The summed E-state index contributed by atoms with van der Waals surface area (Å²) in [6, 6.07) is 5.17. The van der Waals surface area contributed by atoms with Gasteiger partial charge >= 0.3 is 0 Å². The van der Waals surface area contributed by atoms with Gasteiger partial charge in [0.2, 0.25) is 0 Å². The topological polar surface area (TPSA) is 66.6 Å². The van der Waals surface area contributed by atoms with Gasteiger partial charge in [0.15, 0.2) is 0 Å². The van der Waals surface area contributed by atoms with Crippen molar-refractivity contribution < 1.29 is 10.0 Å². The van der Waals surface area contributed by atoms with E-state index in [1.165, 1.54) is 6.07 Å². The quantitative estimate of drug-likeness (QED) is 0.659. The van der Waals surface area contributed by atoms with Crippen LogP contribution in [0.5, 0.6) is 0 Å². The first-order valence-corrected chi connectivity index (χ1v) is 7.66. The Labute approximate surface area is 126 Å². The van der Waals surface area contributed by atoms with Crippen LogP contribution >= 0.6 is 15.9 Å². The number of likely N-dealkylation sites (tertiary alicyclic amines) is 1. The molecule has 2 rings (SSSR count). The average molecular weight is 343 g/mol. The Hall–Kier alpha value is -0.980. The first kappa shape index (κ1) is 15.4. The smallest absolute Gasteiger partial charge is 0.283 e. The molecule has 1 saturated heterocycles. The van der Waals surface area contributed by atoms with Gasteiger partial charge in [-0.1, -0.05) is 12.1 Å². The van der Waals surface area contributed by atoms with Gasteiger partial charge in [0.1, 0.15) is 0 Å². The number of nitrogens with zero attached hydrogens (tertiary/aromatic N) is 2. The summed E-state index contributed by atoms with van der Waals surface area (Å²) >= 11 is 3.35. The zero-order chi connectivity index (χ0) is 14.5. The van der Waals surface area contributed by atoms with Crippen molar-refractivity contribution in [3.05, 3.63) is 38.3 Å². The van der Waals surface area contributed by atoms with Gasteiger partial charge in [-0.2, -0.15) is 0 Å².